The van der Waals surface area contributed by atoms with Gasteiger partial charge < -0.3 is 14.9 Å². The zero-order valence-corrected chi connectivity index (χ0v) is 14.1. The van der Waals surface area contributed by atoms with Crippen molar-refractivity contribution < 1.29 is 14.7 Å². The first-order valence-electron chi connectivity index (χ1n) is 9.03. The molecule has 6 nitrogen and oxygen atoms in total. The molecule has 1 saturated carbocycles. The second-order valence-electron chi connectivity index (χ2n) is 7.36. The monoisotopic (exact) mass is 323 g/mol. The molecule has 0 spiro atoms. The number of carbonyl (C=O) groups excluding carboxylic acids is 2. The average Bonchev–Trinajstić information content (AvgIpc) is 3.16. The first kappa shape index (κ1) is 16.7. The molecule has 1 aliphatic carbocycles. The van der Waals surface area contributed by atoms with Gasteiger partial charge in [0.05, 0.1) is 12.0 Å². The van der Waals surface area contributed by atoms with Gasteiger partial charge in [0.15, 0.2) is 0 Å². The number of hydrogen-bond acceptors (Lipinski definition) is 4. The summed E-state index contributed by atoms with van der Waals surface area (Å²) >= 11 is 0. The zero-order valence-electron chi connectivity index (χ0n) is 14.1. The van der Waals surface area contributed by atoms with E-state index in [1.807, 2.05) is 9.80 Å². The van der Waals surface area contributed by atoms with Gasteiger partial charge in [0.1, 0.15) is 0 Å². The minimum atomic E-state index is -0.329. The molecule has 3 rings (SSSR count). The second kappa shape index (κ2) is 7.18. The van der Waals surface area contributed by atoms with Crippen LogP contribution >= 0.6 is 0 Å². The highest BCUT2D eigenvalue weighted by Gasteiger charge is 2.40. The summed E-state index contributed by atoms with van der Waals surface area (Å²) < 4.78 is 0. The molecule has 23 heavy (non-hydrogen) atoms. The Morgan fingerprint density at radius 2 is 1.87 bits per heavy atom. The van der Waals surface area contributed by atoms with Crippen molar-refractivity contribution in [1.82, 2.24) is 14.7 Å². The lowest BCUT2D eigenvalue weighted by Gasteiger charge is -2.36. The minimum Gasteiger partial charge on any atom is -0.392 e. The van der Waals surface area contributed by atoms with Crippen LogP contribution in [0.3, 0.4) is 0 Å². The Morgan fingerprint density at radius 3 is 2.48 bits per heavy atom. The van der Waals surface area contributed by atoms with Crippen LogP contribution in [-0.2, 0) is 9.59 Å². The number of hydrogen-bond donors (Lipinski definition) is 1. The molecule has 3 aliphatic rings. The summed E-state index contributed by atoms with van der Waals surface area (Å²) in [5, 5.41) is 9.45. The minimum absolute atomic E-state index is 0.147. The predicted molar refractivity (Wildman–Crippen MR) is 86.8 cm³/mol. The van der Waals surface area contributed by atoms with E-state index in [1.165, 1.54) is 12.8 Å². The van der Waals surface area contributed by atoms with Crippen molar-refractivity contribution in [2.45, 2.75) is 51.2 Å². The van der Waals surface area contributed by atoms with Gasteiger partial charge in [-0.15, -0.1) is 0 Å². The molecule has 0 bridgehead atoms. The summed E-state index contributed by atoms with van der Waals surface area (Å²) in [5.41, 5.74) is 0. The number of likely N-dealkylation sites (tertiary alicyclic amines) is 1. The van der Waals surface area contributed by atoms with E-state index in [4.69, 9.17) is 0 Å². The van der Waals surface area contributed by atoms with Crippen molar-refractivity contribution in [3.8, 4) is 0 Å². The van der Waals surface area contributed by atoms with Gasteiger partial charge in [-0.3, -0.25) is 14.5 Å². The quantitative estimate of drug-likeness (QED) is 0.808. The van der Waals surface area contributed by atoms with Crippen LogP contribution in [0.4, 0.5) is 0 Å². The number of nitrogens with zero attached hydrogens (tertiary/aromatic N) is 3. The standard InChI is InChI=1S/C17H29N3O3/c1-13(21)11-18-6-8-19(9-7-18)17(23)14-10-16(22)20(12-14)15-4-2-3-5-15/h13-15,21H,2-12H2,1H3/t13-,14+/m0/s1. The van der Waals surface area contributed by atoms with Gasteiger partial charge in [-0.1, -0.05) is 12.8 Å². The van der Waals surface area contributed by atoms with Crippen molar-refractivity contribution in [1.29, 1.82) is 0 Å². The largest absolute Gasteiger partial charge is 0.392 e. The Balaban J connectivity index is 1.50. The fourth-order valence-corrected chi connectivity index (χ4v) is 4.25. The predicted octanol–water partition coefficient (Wildman–Crippen LogP) is 0.303. The van der Waals surface area contributed by atoms with Crippen LogP contribution in [0.15, 0.2) is 0 Å². The lowest BCUT2D eigenvalue weighted by atomic mass is 10.1. The van der Waals surface area contributed by atoms with Gasteiger partial charge in [-0.05, 0) is 19.8 Å². The van der Waals surface area contributed by atoms with Crippen molar-refractivity contribution >= 4 is 11.8 Å². The molecular formula is C17H29N3O3. The summed E-state index contributed by atoms with van der Waals surface area (Å²) in [7, 11) is 0. The van der Waals surface area contributed by atoms with E-state index in [2.05, 4.69) is 4.90 Å². The summed E-state index contributed by atoms with van der Waals surface area (Å²) in [6, 6.07) is 0.378. The van der Waals surface area contributed by atoms with Crippen LogP contribution in [-0.4, -0.2) is 83.0 Å². The van der Waals surface area contributed by atoms with Crippen molar-refractivity contribution in [3.05, 3.63) is 0 Å². The number of aliphatic hydroxyl groups excluding tert-OH is 1. The zero-order chi connectivity index (χ0) is 16.4. The normalized spacial score (nSPS) is 28.6. The molecule has 2 heterocycles. The molecule has 0 unspecified atom stereocenters. The SMILES string of the molecule is C[C@H](O)CN1CCN(C(=O)[C@@H]2CC(=O)N(C3CCCC3)C2)CC1. The lowest BCUT2D eigenvalue weighted by Crippen LogP contribution is -2.51. The maximum absolute atomic E-state index is 12.7. The van der Waals surface area contributed by atoms with Gasteiger partial charge in [-0.2, -0.15) is 0 Å². The first-order valence-corrected chi connectivity index (χ1v) is 9.03. The fraction of sp³-hybridized carbons (Fsp3) is 0.882. The summed E-state index contributed by atoms with van der Waals surface area (Å²) in [6.07, 6.45) is 4.68. The number of piperazine rings is 1. The van der Waals surface area contributed by atoms with Crippen molar-refractivity contribution in [2.75, 3.05) is 39.3 Å². The first-order chi connectivity index (χ1) is 11.0. The molecule has 0 aromatic rings. The molecule has 0 aromatic carbocycles. The number of carbonyl (C=O) groups is 2. The smallest absolute Gasteiger partial charge is 0.228 e. The van der Waals surface area contributed by atoms with Gasteiger partial charge in [-0.25, -0.2) is 0 Å². The van der Waals surface area contributed by atoms with Crippen LogP contribution in [0.5, 0.6) is 0 Å². The average molecular weight is 323 g/mol. The van der Waals surface area contributed by atoms with Crippen LogP contribution in [0, 0.1) is 5.92 Å². The number of β-amino-alcohol motifs (C(OH)–C–C–N with tert-alkyl or cyclic N) is 1. The third kappa shape index (κ3) is 3.86. The number of aliphatic hydroxyl groups is 1. The van der Waals surface area contributed by atoms with E-state index < -0.39 is 0 Å². The third-order valence-corrected chi connectivity index (χ3v) is 5.48. The Labute approximate surface area is 138 Å². The number of amides is 2. The molecule has 0 radical (unpaired) electrons. The number of rotatable bonds is 4. The van der Waals surface area contributed by atoms with E-state index in [-0.39, 0.29) is 23.8 Å². The van der Waals surface area contributed by atoms with Gasteiger partial charge in [0.25, 0.3) is 0 Å². The highest BCUT2D eigenvalue weighted by molar-refractivity contribution is 5.89. The molecule has 1 N–H and O–H groups in total. The lowest BCUT2D eigenvalue weighted by molar-refractivity contribution is -0.137. The molecule has 3 fully saturated rings. The fourth-order valence-electron chi connectivity index (χ4n) is 4.25. The van der Waals surface area contributed by atoms with E-state index in [9.17, 15) is 14.7 Å². The van der Waals surface area contributed by atoms with E-state index in [0.29, 0.717) is 38.6 Å². The maximum Gasteiger partial charge on any atom is 0.228 e. The van der Waals surface area contributed by atoms with E-state index in [1.54, 1.807) is 6.92 Å². The molecule has 130 valence electrons. The maximum atomic E-state index is 12.7. The summed E-state index contributed by atoms with van der Waals surface area (Å²) in [4.78, 5) is 31.0. The molecule has 2 aliphatic heterocycles. The Hall–Kier alpha value is -1.14. The highest BCUT2D eigenvalue weighted by Crippen LogP contribution is 2.30. The van der Waals surface area contributed by atoms with Crippen molar-refractivity contribution in [2.24, 2.45) is 5.92 Å². The van der Waals surface area contributed by atoms with Gasteiger partial charge in [0.2, 0.25) is 11.8 Å². The Morgan fingerprint density at radius 1 is 1.22 bits per heavy atom. The van der Waals surface area contributed by atoms with E-state index >= 15 is 0 Å². The third-order valence-electron chi connectivity index (χ3n) is 5.48. The topological polar surface area (TPSA) is 64.1 Å². The molecular weight excluding hydrogens is 294 g/mol. The molecule has 2 amide bonds. The molecule has 2 saturated heterocycles. The Kier molecular flexibility index (Phi) is 5.21. The summed E-state index contributed by atoms with van der Waals surface area (Å²) in [6.45, 7) is 6.11. The Bertz CT molecular complexity index is 440. The van der Waals surface area contributed by atoms with E-state index in [0.717, 1.165) is 25.9 Å². The van der Waals surface area contributed by atoms with Crippen LogP contribution in [0.1, 0.15) is 39.0 Å². The van der Waals surface area contributed by atoms with Gasteiger partial charge in [0, 0.05) is 51.7 Å². The molecule has 0 aromatic heterocycles. The van der Waals surface area contributed by atoms with Crippen LogP contribution in [0.2, 0.25) is 0 Å². The molecule has 6 heteroatoms. The summed E-state index contributed by atoms with van der Waals surface area (Å²) in [5.74, 6) is 0.171. The highest BCUT2D eigenvalue weighted by atomic mass is 16.3. The van der Waals surface area contributed by atoms with Crippen molar-refractivity contribution in [3.63, 3.8) is 0 Å². The van der Waals surface area contributed by atoms with Gasteiger partial charge >= 0.3 is 0 Å². The van der Waals surface area contributed by atoms with Crippen LogP contribution in [0.25, 0.3) is 0 Å². The molecule has 2 atom stereocenters. The second-order valence-corrected chi connectivity index (χ2v) is 7.36. The van der Waals surface area contributed by atoms with Crippen LogP contribution < -0.4 is 0 Å².